The van der Waals surface area contributed by atoms with Gasteiger partial charge in [0.1, 0.15) is 0 Å². The van der Waals surface area contributed by atoms with Crippen molar-refractivity contribution in [3.8, 4) is 6.07 Å². The van der Waals surface area contributed by atoms with Crippen LogP contribution in [-0.2, 0) is 4.74 Å². The van der Waals surface area contributed by atoms with Crippen molar-refractivity contribution in [1.29, 1.82) is 5.26 Å². The summed E-state index contributed by atoms with van der Waals surface area (Å²) >= 11 is 4.11. The topological polar surface area (TPSA) is 48.3 Å². The second-order valence-corrected chi connectivity index (χ2v) is 3.76. The Morgan fingerprint density at radius 1 is 1.64 bits per heavy atom. The Morgan fingerprint density at radius 3 is 3.21 bits per heavy atom. The van der Waals surface area contributed by atoms with Crippen molar-refractivity contribution < 1.29 is 4.74 Å². The minimum Gasteiger partial charge on any atom is -0.374 e. The number of ether oxygens (including phenoxy) is 1. The maximum Gasteiger partial charge on any atom is 0.0867 e. The van der Waals surface area contributed by atoms with Crippen molar-refractivity contribution in [2.75, 3.05) is 45.1 Å². The molecule has 1 heterocycles. The van der Waals surface area contributed by atoms with Crippen molar-refractivity contribution >= 4 is 12.6 Å². The third kappa shape index (κ3) is 4.29. The average Bonchev–Trinajstić information content (AvgIpc) is 2.19. The van der Waals surface area contributed by atoms with Gasteiger partial charge in [-0.2, -0.15) is 17.9 Å². The van der Waals surface area contributed by atoms with Gasteiger partial charge in [0, 0.05) is 31.9 Å². The molecule has 0 bridgehead atoms. The van der Waals surface area contributed by atoms with E-state index in [9.17, 15) is 0 Å². The van der Waals surface area contributed by atoms with Gasteiger partial charge >= 0.3 is 0 Å². The molecule has 5 heteroatoms. The molecule has 1 aliphatic heterocycles. The van der Waals surface area contributed by atoms with Gasteiger partial charge in [-0.05, 0) is 0 Å². The van der Waals surface area contributed by atoms with Crippen LogP contribution in [0, 0.1) is 11.3 Å². The maximum absolute atomic E-state index is 8.56. The summed E-state index contributed by atoms with van der Waals surface area (Å²) in [5.74, 6) is 0.842. The van der Waals surface area contributed by atoms with Crippen LogP contribution in [0.5, 0.6) is 0 Å². The Labute approximate surface area is 90.6 Å². The lowest BCUT2D eigenvalue weighted by atomic mass is 10.2. The quantitative estimate of drug-likeness (QED) is 0.376. The average molecular weight is 215 g/mol. The van der Waals surface area contributed by atoms with E-state index in [1.165, 1.54) is 0 Å². The largest absolute Gasteiger partial charge is 0.374 e. The van der Waals surface area contributed by atoms with E-state index >= 15 is 0 Å². The highest BCUT2D eigenvalue weighted by molar-refractivity contribution is 7.80. The first-order valence-electron chi connectivity index (χ1n) is 4.89. The monoisotopic (exact) mass is 215 g/mol. The smallest absolute Gasteiger partial charge is 0.0867 e. The van der Waals surface area contributed by atoms with E-state index in [0.717, 1.165) is 38.5 Å². The second-order valence-electron chi connectivity index (χ2n) is 3.31. The third-order valence-corrected chi connectivity index (χ3v) is 2.40. The molecule has 1 saturated heterocycles. The molecule has 1 aliphatic rings. The number of nitriles is 1. The summed E-state index contributed by atoms with van der Waals surface area (Å²) in [4.78, 5) is 2.12. The van der Waals surface area contributed by atoms with Gasteiger partial charge in [-0.25, -0.2) is 0 Å². The molecule has 0 aliphatic carbocycles. The normalized spacial score (nSPS) is 23.3. The molecular weight excluding hydrogens is 198 g/mol. The van der Waals surface area contributed by atoms with Crippen LogP contribution in [0.4, 0.5) is 0 Å². The van der Waals surface area contributed by atoms with Crippen LogP contribution in [0.15, 0.2) is 0 Å². The Bertz CT molecular complexity index is 195. The number of nitrogens with one attached hydrogen (secondary N) is 1. The van der Waals surface area contributed by atoms with Crippen LogP contribution in [0.2, 0.25) is 0 Å². The number of hydrogen-bond acceptors (Lipinski definition) is 5. The molecule has 0 unspecified atom stereocenters. The molecule has 1 rings (SSSR count). The second kappa shape index (κ2) is 7.07. The predicted molar refractivity (Wildman–Crippen MR) is 58.5 cm³/mol. The van der Waals surface area contributed by atoms with Gasteiger partial charge in [0.15, 0.2) is 0 Å². The van der Waals surface area contributed by atoms with E-state index in [1.807, 2.05) is 0 Å². The van der Waals surface area contributed by atoms with E-state index in [0.29, 0.717) is 6.54 Å². The summed E-state index contributed by atoms with van der Waals surface area (Å²) in [5.41, 5.74) is 0. The van der Waals surface area contributed by atoms with E-state index in [4.69, 9.17) is 10.00 Å². The lowest BCUT2D eigenvalue weighted by Gasteiger charge is -2.31. The number of morpholine rings is 1. The number of hydrogen-bond donors (Lipinski definition) is 2. The Hall–Kier alpha value is -0.280. The van der Waals surface area contributed by atoms with Crippen molar-refractivity contribution in [3.63, 3.8) is 0 Å². The Kier molecular flexibility index (Phi) is 5.96. The van der Waals surface area contributed by atoms with Gasteiger partial charge in [0.05, 0.1) is 25.3 Å². The lowest BCUT2D eigenvalue weighted by Crippen LogP contribution is -2.46. The van der Waals surface area contributed by atoms with Crippen LogP contribution in [0.3, 0.4) is 0 Å². The number of rotatable bonds is 5. The lowest BCUT2D eigenvalue weighted by molar-refractivity contribution is -0.0223. The molecule has 0 saturated carbocycles. The van der Waals surface area contributed by atoms with E-state index < -0.39 is 0 Å². The Morgan fingerprint density at radius 2 is 2.50 bits per heavy atom. The molecule has 1 atom stereocenters. The standard InChI is InChI=1S/C9H17N3OS/c10-1-3-12-4-5-13-9(8-12)7-11-2-6-14/h9,11,14H,2-8H2/t9-/m1/s1. The molecule has 80 valence electrons. The zero-order chi connectivity index (χ0) is 10.2. The highest BCUT2D eigenvalue weighted by Crippen LogP contribution is 2.03. The van der Waals surface area contributed by atoms with Crippen LogP contribution in [-0.4, -0.2) is 56.1 Å². The van der Waals surface area contributed by atoms with Gasteiger partial charge in [0.2, 0.25) is 0 Å². The first-order valence-corrected chi connectivity index (χ1v) is 5.52. The maximum atomic E-state index is 8.56. The zero-order valence-corrected chi connectivity index (χ0v) is 9.17. The minimum atomic E-state index is 0.219. The SMILES string of the molecule is N#CCN1CCO[C@H](CNCCS)C1. The zero-order valence-electron chi connectivity index (χ0n) is 8.28. The number of thiol groups is 1. The van der Waals surface area contributed by atoms with Gasteiger partial charge in [-0.3, -0.25) is 4.90 Å². The summed E-state index contributed by atoms with van der Waals surface area (Å²) in [6, 6.07) is 2.16. The van der Waals surface area contributed by atoms with Crippen molar-refractivity contribution in [2.45, 2.75) is 6.10 Å². The van der Waals surface area contributed by atoms with Gasteiger partial charge in [-0.15, -0.1) is 0 Å². The molecule has 0 aromatic rings. The van der Waals surface area contributed by atoms with Gasteiger partial charge in [0.25, 0.3) is 0 Å². The Balaban J connectivity index is 2.16. The molecule has 0 aromatic heterocycles. The van der Waals surface area contributed by atoms with Gasteiger partial charge in [-0.1, -0.05) is 0 Å². The third-order valence-electron chi connectivity index (χ3n) is 2.18. The van der Waals surface area contributed by atoms with Crippen molar-refractivity contribution in [2.24, 2.45) is 0 Å². The highest BCUT2D eigenvalue weighted by Gasteiger charge is 2.19. The molecule has 0 amide bonds. The van der Waals surface area contributed by atoms with E-state index in [-0.39, 0.29) is 6.10 Å². The summed E-state index contributed by atoms with van der Waals surface area (Å²) in [6.07, 6.45) is 0.219. The molecule has 14 heavy (non-hydrogen) atoms. The van der Waals surface area contributed by atoms with Gasteiger partial charge < -0.3 is 10.1 Å². The molecule has 4 nitrogen and oxygen atoms in total. The summed E-state index contributed by atoms with van der Waals surface area (Å²) in [5, 5.41) is 11.8. The van der Waals surface area contributed by atoms with Crippen LogP contribution < -0.4 is 5.32 Å². The fraction of sp³-hybridized carbons (Fsp3) is 0.889. The molecule has 1 N–H and O–H groups in total. The summed E-state index contributed by atoms with van der Waals surface area (Å²) < 4.78 is 5.56. The van der Waals surface area contributed by atoms with E-state index in [2.05, 4.69) is 28.9 Å². The first-order chi connectivity index (χ1) is 6.86. The highest BCUT2D eigenvalue weighted by atomic mass is 32.1. The summed E-state index contributed by atoms with van der Waals surface area (Å²) in [6.45, 7) is 4.72. The summed E-state index contributed by atoms with van der Waals surface area (Å²) in [7, 11) is 0. The van der Waals surface area contributed by atoms with Crippen molar-refractivity contribution in [3.05, 3.63) is 0 Å². The van der Waals surface area contributed by atoms with Crippen LogP contribution in [0.1, 0.15) is 0 Å². The predicted octanol–water partition coefficient (Wildman–Crippen LogP) is -0.270. The minimum absolute atomic E-state index is 0.219. The molecule has 1 fully saturated rings. The van der Waals surface area contributed by atoms with Crippen LogP contribution >= 0.6 is 12.6 Å². The molecule has 0 spiro atoms. The molecular formula is C9H17N3OS. The van der Waals surface area contributed by atoms with Crippen molar-refractivity contribution in [1.82, 2.24) is 10.2 Å². The van der Waals surface area contributed by atoms with Crippen LogP contribution in [0.25, 0.3) is 0 Å². The fourth-order valence-electron chi connectivity index (χ4n) is 1.49. The van der Waals surface area contributed by atoms with E-state index in [1.54, 1.807) is 0 Å². The molecule has 0 aromatic carbocycles. The number of nitrogens with zero attached hydrogens (tertiary/aromatic N) is 2. The fourth-order valence-corrected chi connectivity index (χ4v) is 1.65. The molecule has 0 radical (unpaired) electrons. The first kappa shape index (κ1) is 11.8.